The van der Waals surface area contributed by atoms with Crippen LogP contribution in [0, 0.1) is 0 Å². The first kappa shape index (κ1) is 16.0. The molecule has 0 spiro atoms. The zero-order valence-electron chi connectivity index (χ0n) is 12.3. The summed E-state index contributed by atoms with van der Waals surface area (Å²) in [6, 6.07) is 9.61. The molecule has 1 saturated heterocycles. The van der Waals surface area contributed by atoms with E-state index in [2.05, 4.69) is 5.32 Å². The third-order valence-corrected chi connectivity index (χ3v) is 3.04. The minimum absolute atomic E-state index is 0.0666. The molecule has 1 amide bonds. The third kappa shape index (κ3) is 4.89. The number of hydrogen-bond donors (Lipinski definition) is 1. The van der Waals surface area contributed by atoms with Gasteiger partial charge in [0.15, 0.2) is 0 Å². The molecule has 8 heteroatoms. The fourth-order valence-corrected chi connectivity index (χ4v) is 2.00. The third-order valence-electron chi connectivity index (χ3n) is 3.04. The van der Waals surface area contributed by atoms with E-state index in [0.29, 0.717) is 13.0 Å². The Morgan fingerprint density at radius 3 is 2.36 bits per heavy atom. The second kappa shape index (κ2) is 7.60. The Kier molecular flexibility index (Phi) is 5.54. The summed E-state index contributed by atoms with van der Waals surface area (Å²) < 4.78 is 9.72. The highest BCUT2D eigenvalue weighted by Crippen LogP contribution is 2.02. The van der Waals surface area contributed by atoms with E-state index >= 15 is 0 Å². The average molecular weight is 304 g/mol. The minimum atomic E-state index is -1.52. The standard InChI is InChI=1S/C14H17BN2O5/c1-17-9-12(18)21-15(22-13(19)10-17)14(20)16-8-7-11-5-3-2-4-6-11/h2-6H,7-10H2,1H3,(H,16,20). The summed E-state index contributed by atoms with van der Waals surface area (Å²) in [5, 5.41) is 2.59. The van der Waals surface area contributed by atoms with Gasteiger partial charge in [-0.3, -0.25) is 19.3 Å². The topological polar surface area (TPSA) is 84.9 Å². The summed E-state index contributed by atoms with van der Waals surface area (Å²) in [5.41, 5.74) is 1.07. The predicted octanol–water partition coefficient (Wildman–Crippen LogP) is 0.0404. The van der Waals surface area contributed by atoms with Gasteiger partial charge in [0.2, 0.25) is 0 Å². The average Bonchev–Trinajstić information content (AvgIpc) is 2.45. The molecule has 22 heavy (non-hydrogen) atoms. The van der Waals surface area contributed by atoms with Crippen molar-refractivity contribution in [3.8, 4) is 0 Å². The predicted molar refractivity (Wildman–Crippen MR) is 79.0 cm³/mol. The van der Waals surface area contributed by atoms with Crippen molar-refractivity contribution < 1.29 is 23.7 Å². The van der Waals surface area contributed by atoms with Crippen molar-refractivity contribution in [2.75, 3.05) is 26.7 Å². The lowest BCUT2D eigenvalue weighted by Crippen LogP contribution is -2.49. The van der Waals surface area contributed by atoms with Crippen molar-refractivity contribution in [1.82, 2.24) is 10.2 Å². The summed E-state index contributed by atoms with van der Waals surface area (Å²) in [7, 11) is 0.0625. The lowest BCUT2D eigenvalue weighted by atomic mass is 9.88. The lowest BCUT2D eigenvalue weighted by molar-refractivity contribution is -0.145. The van der Waals surface area contributed by atoms with Crippen LogP contribution >= 0.6 is 0 Å². The molecule has 0 aromatic heterocycles. The van der Waals surface area contributed by atoms with Crippen LogP contribution in [0.5, 0.6) is 0 Å². The van der Waals surface area contributed by atoms with Gasteiger partial charge in [0.25, 0.3) is 5.81 Å². The van der Waals surface area contributed by atoms with E-state index in [1.165, 1.54) is 4.90 Å². The molecule has 1 aromatic rings. The van der Waals surface area contributed by atoms with Gasteiger partial charge in [-0.1, -0.05) is 30.3 Å². The maximum Gasteiger partial charge on any atom is 0.698 e. The molecule has 0 aliphatic carbocycles. The first-order valence-electron chi connectivity index (χ1n) is 6.94. The van der Waals surface area contributed by atoms with E-state index in [0.717, 1.165) is 5.56 Å². The number of carbonyl (C=O) groups excluding carboxylic acids is 3. The van der Waals surface area contributed by atoms with Crippen molar-refractivity contribution >= 4 is 24.9 Å². The van der Waals surface area contributed by atoms with Crippen LogP contribution in [0.15, 0.2) is 30.3 Å². The summed E-state index contributed by atoms with van der Waals surface area (Å²) >= 11 is 0. The van der Waals surface area contributed by atoms with Gasteiger partial charge in [-0.25, -0.2) is 0 Å². The largest absolute Gasteiger partial charge is 0.698 e. The molecule has 0 bridgehead atoms. The fourth-order valence-electron chi connectivity index (χ4n) is 2.00. The van der Waals surface area contributed by atoms with Crippen LogP contribution in [0.4, 0.5) is 4.79 Å². The molecular weight excluding hydrogens is 287 g/mol. The smallest absolute Gasteiger partial charge is 0.491 e. The Morgan fingerprint density at radius 1 is 1.18 bits per heavy atom. The molecule has 1 N–H and O–H groups in total. The number of hydrogen-bond acceptors (Lipinski definition) is 6. The van der Waals surface area contributed by atoms with Crippen LogP contribution in [-0.2, 0) is 25.3 Å². The number of nitrogens with one attached hydrogen (secondary N) is 1. The first-order valence-corrected chi connectivity index (χ1v) is 6.94. The van der Waals surface area contributed by atoms with E-state index in [1.807, 2.05) is 30.3 Å². The first-order chi connectivity index (χ1) is 10.5. The van der Waals surface area contributed by atoms with E-state index < -0.39 is 24.9 Å². The highest BCUT2D eigenvalue weighted by Gasteiger charge is 2.39. The van der Waals surface area contributed by atoms with Crippen molar-refractivity contribution in [2.24, 2.45) is 0 Å². The molecule has 0 unspecified atom stereocenters. The molecule has 7 nitrogen and oxygen atoms in total. The van der Waals surface area contributed by atoms with Crippen LogP contribution < -0.4 is 5.32 Å². The Hall–Kier alpha value is -2.35. The van der Waals surface area contributed by atoms with Crippen LogP contribution in [-0.4, -0.2) is 56.4 Å². The highest BCUT2D eigenvalue weighted by atomic mass is 16.6. The number of likely N-dealkylation sites (N-methyl/N-ethyl adjacent to an activating group) is 1. The summed E-state index contributed by atoms with van der Waals surface area (Å²) in [6.45, 7) is 0.222. The monoisotopic (exact) mass is 304 g/mol. The van der Waals surface area contributed by atoms with E-state index in [9.17, 15) is 14.4 Å². The van der Waals surface area contributed by atoms with Gasteiger partial charge in [0.05, 0.1) is 13.1 Å². The van der Waals surface area contributed by atoms with Gasteiger partial charge in [0.1, 0.15) is 0 Å². The number of rotatable bonds is 4. The normalized spacial score (nSPS) is 16.3. The molecule has 1 aliphatic heterocycles. The fraction of sp³-hybridized carbons (Fsp3) is 0.357. The molecular formula is C14H17BN2O5. The minimum Gasteiger partial charge on any atom is -0.491 e. The number of carbonyl (C=O) groups is 3. The Balaban J connectivity index is 1.85. The quantitative estimate of drug-likeness (QED) is 0.791. The lowest BCUT2D eigenvalue weighted by Gasteiger charge is -2.21. The molecule has 1 aliphatic rings. The Morgan fingerprint density at radius 2 is 1.77 bits per heavy atom. The molecule has 1 aromatic carbocycles. The number of amides is 1. The van der Waals surface area contributed by atoms with Crippen LogP contribution in [0.25, 0.3) is 0 Å². The summed E-state index contributed by atoms with van der Waals surface area (Å²) in [5.74, 6) is -1.86. The highest BCUT2D eigenvalue weighted by molar-refractivity contribution is 6.82. The van der Waals surface area contributed by atoms with Gasteiger partial charge < -0.3 is 14.6 Å². The maximum atomic E-state index is 11.9. The van der Waals surface area contributed by atoms with Gasteiger partial charge in [-0.2, -0.15) is 0 Å². The second-order valence-corrected chi connectivity index (χ2v) is 5.01. The van der Waals surface area contributed by atoms with E-state index in [-0.39, 0.29) is 13.1 Å². The zero-order chi connectivity index (χ0) is 15.9. The van der Waals surface area contributed by atoms with Crippen molar-refractivity contribution in [2.45, 2.75) is 6.42 Å². The van der Waals surface area contributed by atoms with Crippen molar-refractivity contribution in [3.05, 3.63) is 35.9 Å². The SMILES string of the molecule is CN1CC(=O)OB(C(=O)NCCc2ccccc2)OC(=O)C1. The molecule has 1 heterocycles. The Labute approximate surface area is 128 Å². The molecule has 2 rings (SSSR count). The zero-order valence-corrected chi connectivity index (χ0v) is 12.3. The summed E-state index contributed by atoms with van der Waals surface area (Å²) in [6.07, 6.45) is 0.629. The molecule has 116 valence electrons. The van der Waals surface area contributed by atoms with Crippen LogP contribution in [0.2, 0.25) is 0 Å². The molecule has 0 radical (unpaired) electrons. The van der Waals surface area contributed by atoms with Gasteiger partial charge >= 0.3 is 19.1 Å². The van der Waals surface area contributed by atoms with Crippen LogP contribution in [0.1, 0.15) is 5.56 Å². The molecule has 1 fully saturated rings. The van der Waals surface area contributed by atoms with E-state index in [4.69, 9.17) is 9.31 Å². The van der Waals surface area contributed by atoms with Gasteiger partial charge in [-0.05, 0) is 19.0 Å². The van der Waals surface area contributed by atoms with Crippen molar-refractivity contribution in [1.29, 1.82) is 0 Å². The maximum absolute atomic E-state index is 11.9. The molecule has 0 saturated carbocycles. The van der Waals surface area contributed by atoms with Crippen molar-refractivity contribution in [3.63, 3.8) is 0 Å². The van der Waals surface area contributed by atoms with Crippen LogP contribution in [0.3, 0.4) is 0 Å². The summed E-state index contributed by atoms with van der Waals surface area (Å²) in [4.78, 5) is 36.5. The second-order valence-electron chi connectivity index (χ2n) is 5.01. The van der Waals surface area contributed by atoms with Gasteiger partial charge in [-0.15, -0.1) is 0 Å². The molecule has 0 atom stereocenters. The number of benzene rings is 1. The number of nitrogens with zero attached hydrogens (tertiary/aromatic N) is 1. The van der Waals surface area contributed by atoms with Gasteiger partial charge in [0, 0.05) is 6.54 Å². The van der Waals surface area contributed by atoms with E-state index in [1.54, 1.807) is 7.05 Å². The Bertz CT molecular complexity index is 531.